The maximum absolute atomic E-state index is 12.3. The molecule has 0 radical (unpaired) electrons. The summed E-state index contributed by atoms with van der Waals surface area (Å²) in [7, 11) is 1.72. The molecule has 1 aromatic carbocycles. The van der Waals surface area contributed by atoms with Gasteiger partial charge in [-0.25, -0.2) is 0 Å². The van der Waals surface area contributed by atoms with Crippen LogP contribution in [0.2, 0.25) is 0 Å². The van der Waals surface area contributed by atoms with E-state index in [0.717, 1.165) is 25.7 Å². The summed E-state index contributed by atoms with van der Waals surface area (Å²) in [6, 6.07) is 10.7. The zero-order valence-corrected chi connectivity index (χ0v) is 13.0. The van der Waals surface area contributed by atoms with Crippen molar-refractivity contribution in [2.75, 3.05) is 13.7 Å². The van der Waals surface area contributed by atoms with Crippen LogP contribution in [0.1, 0.15) is 31.2 Å². The third kappa shape index (κ3) is 1.69. The first-order valence-electron chi connectivity index (χ1n) is 8.16. The van der Waals surface area contributed by atoms with Gasteiger partial charge in [-0.05, 0) is 48.5 Å². The minimum Gasteiger partial charge on any atom is -0.381 e. The number of rotatable bonds is 4. The number of primary amides is 1. The van der Waals surface area contributed by atoms with Gasteiger partial charge in [0.1, 0.15) is 0 Å². The number of amides is 1. The molecule has 0 heterocycles. The van der Waals surface area contributed by atoms with E-state index in [4.69, 9.17) is 10.5 Å². The molecule has 3 heteroatoms. The lowest BCUT2D eigenvalue weighted by atomic mass is 9.63. The van der Waals surface area contributed by atoms with Crippen LogP contribution in [-0.2, 0) is 14.9 Å². The number of hydrogen-bond donors (Lipinski definition) is 1. The number of carbonyl (C=O) groups is 1. The molecule has 4 saturated carbocycles. The van der Waals surface area contributed by atoms with E-state index in [-0.39, 0.29) is 16.7 Å². The second kappa shape index (κ2) is 4.69. The highest BCUT2D eigenvalue weighted by atomic mass is 16.5. The summed E-state index contributed by atoms with van der Waals surface area (Å²) in [5.74, 6) is 0.718. The van der Waals surface area contributed by atoms with Gasteiger partial charge in [0.2, 0.25) is 5.91 Å². The Morgan fingerprint density at radius 3 is 2.77 bits per heavy atom. The molecule has 1 amide bonds. The van der Waals surface area contributed by atoms with Crippen molar-refractivity contribution in [2.45, 2.75) is 31.1 Å². The third-order valence-corrected chi connectivity index (χ3v) is 6.40. The number of ether oxygens (including phenoxy) is 1. The fraction of sp³-hybridized carbons (Fsp3) is 0.526. The Bertz CT molecular complexity index is 638. The van der Waals surface area contributed by atoms with Crippen molar-refractivity contribution in [3.63, 3.8) is 0 Å². The van der Waals surface area contributed by atoms with Gasteiger partial charge in [0.25, 0.3) is 0 Å². The van der Waals surface area contributed by atoms with Gasteiger partial charge in [0.05, 0.1) is 12.0 Å². The van der Waals surface area contributed by atoms with Crippen molar-refractivity contribution < 1.29 is 9.53 Å². The lowest BCUT2D eigenvalue weighted by Crippen LogP contribution is -2.41. The van der Waals surface area contributed by atoms with Gasteiger partial charge < -0.3 is 10.5 Å². The molecule has 0 aliphatic heterocycles. The minimum absolute atomic E-state index is 0.0965. The molecular formula is C19H23NO2. The molecule has 116 valence electrons. The van der Waals surface area contributed by atoms with E-state index < -0.39 is 0 Å². The molecule has 4 aliphatic rings. The van der Waals surface area contributed by atoms with Gasteiger partial charge in [-0.1, -0.05) is 42.0 Å². The van der Waals surface area contributed by atoms with Gasteiger partial charge in [0, 0.05) is 7.11 Å². The highest BCUT2D eigenvalue weighted by Crippen LogP contribution is 2.72. The topological polar surface area (TPSA) is 52.3 Å². The predicted octanol–water partition coefficient (Wildman–Crippen LogP) is 2.80. The molecule has 4 fully saturated rings. The molecule has 0 saturated heterocycles. The largest absolute Gasteiger partial charge is 0.381 e. The molecule has 0 aromatic heterocycles. The summed E-state index contributed by atoms with van der Waals surface area (Å²) in [6.07, 6.45) is 6.28. The van der Waals surface area contributed by atoms with Crippen molar-refractivity contribution in [3.05, 3.63) is 47.5 Å². The van der Waals surface area contributed by atoms with E-state index >= 15 is 0 Å². The van der Waals surface area contributed by atoms with Gasteiger partial charge in [0.15, 0.2) is 0 Å². The van der Waals surface area contributed by atoms with Crippen LogP contribution < -0.4 is 5.73 Å². The molecule has 4 atom stereocenters. The van der Waals surface area contributed by atoms with Crippen LogP contribution in [-0.4, -0.2) is 19.6 Å². The second-order valence-corrected chi connectivity index (χ2v) is 7.36. The number of nitrogens with two attached hydrogens (primary N) is 1. The van der Waals surface area contributed by atoms with E-state index in [1.54, 1.807) is 7.11 Å². The molecule has 4 unspecified atom stereocenters. The second-order valence-electron chi connectivity index (χ2n) is 7.36. The molecule has 4 bridgehead atoms. The standard InChI is InChI=1S/C19H23NO2/c1-22-8-7-15-13-9-18(14-5-3-2-4-6-14)11-16(15)19(10-13,12-18)17(20)21/h2-7,13,16H,8-12H2,1H3,(H2,20,21)/b15-7-. The maximum atomic E-state index is 12.3. The lowest BCUT2D eigenvalue weighted by Gasteiger charge is -2.41. The van der Waals surface area contributed by atoms with Crippen molar-refractivity contribution >= 4 is 5.91 Å². The summed E-state index contributed by atoms with van der Waals surface area (Å²) in [5, 5.41) is 0. The minimum atomic E-state index is -0.321. The summed E-state index contributed by atoms with van der Waals surface area (Å²) in [4.78, 5) is 12.3. The average Bonchev–Trinajstić information content (AvgIpc) is 2.90. The number of methoxy groups -OCH3 is 1. The number of hydrogen-bond acceptors (Lipinski definition) is 2. The fourth-order valence-electron chi connectivity index (χ4n) is 5.67. The Hall–Kier alpha value is -1.61. The van der Waals surface area contributed by atoms with Crippen LogP contribution in [0.25, 0.3) is 0 Å². The van der Waals surface area contributed by atoms with Gasteiger partial charge in [-0.15, -0.1) is 0 Å². The first-order valence-corrected chi connectivity index (χ1v) is 8.16. The molecule has 2 N–H and O–H groups in total. The van der Waals surface area contributed by atoms with Crippen LogP contribution in [0.3, 0.4) is 0 Å². The fourth-order valence-corrected chi connectivity index (χ4v) is 5.67. The molecular weight excluding hydrogens is 274 g/mol. The van der Waals surface area contributed by atoms with E-state index in [1.807, 2.05) is 0 Å². The van der Waals surface area contributed by atoms with Crippen molar-refractivity contribution in [1.82, 2.24) is 0 Å². The SMILES string of the molecule is COC/C=C1/C2CC3(c4ccccc4)CC1C(C(N)=O)(C2)C3. The van der Waals surface area contributed by atoms with Crippen LogP contribution in [0.5, 0.6) is 0 Å². The molecule has 1 aromatic rings. The Balaban J connectivity index is 1.78. The first-order chi connectivity index (χ1) is 10.6. The zero-order valence-electron chi connectivity index (χ0n) is 13.0. The van der Waals surface area contributed by atoms with Gasteiger partial charge in [-0.2, -0.15) is 0 Å². The zero-order chi connectivity index (χ0) is 15.4. The third-order valence-electron chi connectivity index (χ3n) is 6.40. The molecule has 5 rings (SSSR count). The van der Waals surface area contributed by atoms with E-state index in [0.29, 0.717) is 18.4 Å². The van der Waals surface area contributed by atoms with Gasteiger partial charge in [-0.3, -0.25) is 4.79 Å². The lowest BCUT2D eigenvalue weighted by molar-refractivity contribution is -0.129. The Kier molecular flexibility index (Phi) is 2.99. The monoisotopic (exact) mass is 297 g/mol. The number of benzene rings is 1. The van der Waals surface area contributed by atoms with Gasteiger partial charge >= 0.3 is 0 Å². The molecule has 4 aliphatic carbocycles. The highest BCUT2D eigenvalue weighted by molar-refractivity contribution is 5.84. The van der Waals surface area contributed by atoms with Crippen LogP contribution in [0.15, 0.2) is 42.0 Å². The first kappa shape index (κ1) is 14.0. The molecule has 3 nitrogen and oxygen atoms in total. The predicted molar refractivity (Wildman–Crippen MR) is 85.2 cm³/mol. The van der Waals surface area contributed by atoms with Crippen molar-refractivity contribution in [3.8, 4) is 0 Å². The number of allylic oxidation sites excluding steroid dienone is 1. The Morgan fingerprint density at radius 2 is 2.09 bits per heavy atom. The summed E-state index contributed by atoms with van der Waals surface area (Å²) in [6.45, 7) is 0.634. The van der Waals surface area contributed by atoms with E-state index in [2.05, 4.69) is 36.4 Å². The maximum Gasteiger partial charge on any atom is 0.224 e. The van der Waals surface area contributed by atoms with Crippen molar-refractivity contribution in [2.24, 2.45) is 23.0 Å². The normalized spacial score (nSPS) is 40.5. The molecule has 22 heavy (non-hydrogen) atoms. The average molecular weight is 297 g/mol. The summed E-state index contributed by atoms with van der Waals surface area (Å²) >= 11 is 0. The van der Waals surface area contributed by atoms with E-state index in [9.17, 15) is 4.79 Å². The highest BCUT2D eigenvalue weighted by Gasteiger charge is 2.68. The van der Waals surface area contributed by atoms with Crippen molar-refractivity contribution in [1.29, 1.82) is 0 Å². The molecule has 0 spiro atoms. The smallest absolute Gasteiger partial charge is 0.224 e. The Morgan fingerprint density at radius 1 is 1.32 bits per heavy atom. The van der Waals surface area contributed by atoms with Crippen LogP contribution >= 0.6 is 0 Å². The van der Waals surface area contributed by atoms with Crippen LogP contribution in [0.4, 0.5) is 0 Å². The van der Waals surface area contributed by atoms with E-state index in [1.165, 1.54) is 11.1 Å². The quantitative estimate of drug-likeness (QED) is 0.869. The van der Waals surface area contributed by atoms with Crippen LogP contribution in [0, 0.1) is 17.3 Å². The Labute approximate surface area is 131 Å². The number of carbonyl (C=O) groups excluding carboxylic acids is 1. The summed E-state index contributed by atoms with van der Waals surface area (Å²) in [5.41, 5.74) is 8.54. The summed E-state index contributed by atoms with van der Waals surface area (Å²) < 4.78 is 5.23.